The van der Waals surface area contributed by atoms with Crippen molar-refractivity contribution < 1.29 is 22.7 Å². The van der Waals surface area contributed by atoms with Gasteiger partial charge in [-0.2, -0.15) is 5.26 Å². The quantitative estimate of drug-likeness (QED) is 0.644. The van der Waals surface area contributed by atoms with Gasteiger partial charge in [-0.25, -0.2) is 8.42 Å². The lowest BCUT2D eigenvalue weighted by Crippen LogP contribution is -2.26. The van der Waals surface area contributed by atoms with Crippen LogP contribution in [-0.4, -0.2) is 39.2 Å². The van der Waals surface area contributed by atoms with Crippen molar-refractivity contribution in [3.05, 3.63) is 42.1 Å². The Kier molecular flexibility index (Phi) is 5.19. The van der Waals surface area contributed by atoms with Crippen molar-refractivity contribution in [2.45, 2.75) is 4.90 Å². The summed E-state index contributed by atoms with van der Waals surface area (Å²) in [6, 6.07) is 7.82. The van der Waals surface area contributed by atoms with Crippen LogP contribution in [0.2, 0.25) is 0 Å². The second-order valence-corrected chi connectivity index (χ2v) is 6.68. The van der Waals surface area contributed by atoms with Crippen molar-refractivity contribution >= 4 is 27.6 Å². The molecule has 1 aromatic carbocycles. The molecule has 0 saturated heterocycles. The van der Waals surface area contributed by atoms with E-state index in [1.54, 1.807) is 24.3 Å². The molecule has 130 valence electrons. The molecule has 9 nitrogen and oxygen atoms in total. The van der Waals surface area contributed by atoms with Gasteiger partial charge in [-0.05, 0) is 12.1 Å². The van der Waals surface area contributed by atoms with E-state index >= 15 is 0 Å². The molecule has 1 aliphatic heterocycles. The summed E-state index contributed by atoms with van der Waals surface area (Å²) < 4.78 is 30.7. The summed E-state index contributed by atoms with van der Waals surface area (Å²) in [6.07, 6.45) is 0. The largest absolute Gasteiger partial charge is 0.456 e. The SMILES string of the molecule is C=C(N)[C@@H](C#N)C(=O)COC(=O)CN=C1NS(=O)(=O)c2ccccc21. The molecule has 0 radical (unpaired) electrons. The van der Waals surface area contributed by atoms with Crippen LogP contribution in [0.1, 0.15) is 5.56 Å². The van der Waals surface area contributed by atoms with E-state index < -0.39 is 40.8 Å². The summed E-state index contributed by atoms with van der Waals surface area (Å²) in [5.74, 6) is -2.80. The summed E-state index contributed by atoms with van der Waals surface area (Å²) in [7, 11) is -3.70. The number of nitrogens with two attached hydrogens (primary N) is 1. The first-order valence-electron chi connectivity index (χ1n) is 6.95. The fourth-order valence-corrected chi connectivity index (χ4v) is 3.29. The molecule has 0 spiro atoms. The van der Waals surface area contributed by atoms with E-state index in [1.807, 2.05) is 0 Å². The number of nitrogens with zero attached hydrogens (tertiary/aromatic N) is 2. The van der Waals surface area contributed by atoms with Crippen LogP contribution in [0.4, 0.5) is 0 Å². The number of rotatable bonds is 6. The highest BCUT2D eigenvalue weighted by Gasteiger charge is 2.30. The van der Waals surface area contributed by atoms with Gasteiger partial charge in [-0.3, -0.25) is 19.3 Å². The van der Waals surface area contributed by atoms with E-state index in [4.69, 9.17) is 15.7 Å². The van der Waals surface area contributed by atoms with Crippen LogP contribution >= 0.6 is 0 Å². The summed E-state index contributed by atoms with van der Waals surface area (Å²) in [5, 5.41) is 8.78. The second kappa shape index (κ2) is 7.14. The Balaban J connectivity index is 1.99. The highest BCUT2D eigenvalue weighted by molar-refractivity contribution is 7.90. The van der Waals surface area contributed by atoms with Crippen molar-refractivity contribution in [2.24, 2.45) is 16.6 Å². The zero-order chi connectivity index (χ0) is 18.6. The number of sulfonamides is 1. The molecule has 0 unspecified atom stereocenters. The van der Waals surface area contributed by atoms with Gasteiger partial charge in [0.15, 0.2) is 12.4 Å². The van der Waals surface area contributed by atoms with Crippen molar-refractivity contribution in [1.82, 2.24) is 4.72 Å². The van der Waals surface area contributed by atoms with Gasteiger partial charge in [0.05, 0.1) is 11.0 Å². The Hall–Kier alpha value is -3.19. The van der Waals surface area contributed by atoms with Gasteiger partial charge in [0.2, 0.25) is 0 Å². The number of allylic oxidation sites excluding steroid dienone is 1. The Morgan fingerprint density at radius 2 is 2.08 bits per heavy atom. The van der Waals surface area contributed by atoms with Crippen LogP contribution in [0.15, 0.2) is 46.4 Å². The highest BCUT2D eigenvalue weighted by Crippen LogP contribution is 2.21. The van der Waals surface area contributed by atoms with Crippen LogP contribution in [0, 0.1) is 17.2 Å². The first kappa shape index (κ1) is 18.2. The average Bonchev–Trinajstić information content (AvgIpc) is 2.82. The maximum Gasteiger partial charge on any atom is 0.328 e. The summed E-state index contributed by atoms with van der Waals surface area (Å²) >= 11 is 0. The fraction of sp³-hybridized carbons (Fsp3) is 0.200. The minimum Gasteiger partial charge on any atom is -0.456 e. The minimum atomic E-state index is -3.70. The van der Waals surface area contributed by atoms with Crippen LogP contribution in [0.5, 0.6) is 0 Å². The van der Waals surface area contributed by atoms with Gasteiger partial charge in [-0.15, -0.1) is 0 Å². The molecule has 0 aliphatic carbocycles. The number of ether oxygens (including phenoxy) is 1. The lowest BCUT2D eigenvalue weighted by molar-refractivity contribution is -0.146. The molecular formula is C15H14N4O5S. The average molecular weight is 362 g/mol. The maximum absolute atomic E-state index is 11.9. The Labute approximate surface area is 143 Å². The number of nitrogens with one attached hydrogen (secondary N) is 1. The van der Waals surface area contributed by atoms with E-state index in [0.29, 0.717) is 5.56 Å². The number of aliphatic imine (C=N–C) groups is 1. The molecular weight excluding hydrogens is 348 g/mol. The van der Waals surface area contributed by atoms with Gasteiger partial charge in [0.25, 0.3) is 10.0 Å². The standard InChI is InChI=1S/C15H14N4O5S/c1-9(17)11(6-16)12(20)8-24-14(21)7-18-15-10-4-2-3-5-13(10)25(22,23)19-15/h2-5,11H,1,7-8,17H2,(H,18,19)/t11-/m1/s1. The highest BCUT2D eigenvalue weighted by atomic mass is 32.2. The lowest BCUT2D eigenvalue weighted by Gasteiger charge is -2.07. The third-order valence-corrected chi connectivity index (χ3v) is 4.62. The number of carbonyl (C=O) groups excluding carboxylic acids is 2. The van der Waals surface area contributed by atoms with Crippen molar-refractivity contribution in [3.63, 3.8) is 0 Å². The van der Waals surface area contributed by atoms with Crippen LogP contribution in [-0.2, 0) is 24.3 Å². The van der Waals surface area contributed by atoms with Crippen LogP contribution in [0.25, 0.3) is 0 Å². The zero-order valence-corrected chi connectivity index (χ0v) is 13.7. The van der Waals surface area contributed by atoms with Gasteiger partial charge < -0.3 is 10.5 Å². The van der Waals surface area contributed by atoms with E-state index in [1.165, 1.54) is 6.07 Å². The molecule has 0 amide bonds. The number of hydrogen-bond donors (Lipinski definition) is 2. The smallest absolute Gasteiger partial charge is 0.328 e. The number of amidine groups is 1. The molecule has 2 rings (SSSR count). The number of esters is 1. The number of Topliss-reactive ketones (excluding diaryl/α,β-unsaturated/α-hetero) is 1. The van der Waals surface area contributed by atoms with E-state index in [-0.39, 0.29) is 16.4 Å². The molecule has 0 aromatic heterocycles. The monoisotopic (exact) mass is 362 g/mol. The zero-order valence-electron chi connectivity index (χ0n) is 12.9. The van der Waals surface area contributed by atoms with Crippen molar-refractivity contribution in [2.75, 3.05) is 13.2 Å². The molecule has 0 fully saturated rings. The van der Waals surface area contributed by atoms with E-state index in [0.717, 1.165) is 0 Å². The molecule has 1 aliphatic rings. The van der Waals surface area contributed by atoms with Gasteiger partial charge in [0, 0.05) is 11.3 Å². The third kappa shape index (κ3) is 4.02. The van der Waals surface area contributed by atoms with Crippen molar-refractivity contribution in [3.8, 4) is 6.07 Å². The topological polar surface area (TPSA) is 152 Å². The summed E-state index contributed by atoms with van der Waals surface area (Å²) in [4.78, 5) is 27.3. The summed E-state index contributed by atoms with van der Waals surface area (Å²) in [6.45, 7) is 2.15. The third-order valence-electron chi connectivity index (χ3n) is 3.23. The molecule has 1 heterocycles. The Bertz CT molecular complexity index is 914. The molecule has 0 bridgehead atoms. The lowest BCUT2D eigenvalue weighted by atomic mass is 10.0. The molecule has 1 aromatic rings. The Morgan fingerprint density at radius 1 is 1.40 bits per heavy atom. The fourth-order valence-electron chi connectivity index (χ4n) is 2.04. The maximum atomic E-state index is 11.9. The molecule has 3 N–H and O–H groups in total. The Morgan fingerprint density at radius 3 is 2.72 bits per heavy atom. The molecule has 10 heteroatoms. The predicted octanol–water partition coefficient (Wildman–Crippen LogP) is -0.550. The van der Waals surface area contributed by atoms with Crippen LogP contribution in [0.3, 0.4) is 0 Å². The second-order valence-electron chi connectivity index (χ2n) is 5.03. The van der Waals surface area contributed by atoms with Gasteiger partial charge in [-0.1, -0.05) is 18.7 Å². The number of benzene rings is 1. The first-order chi connectivity index (χ1) is 11.8. The van der Waals surface area contributed by atoms with Crippen molar-refractivity contribution in [1.29, 1.82) is 5.26 Å². The number of hydrogen-bond acceptors (Lipinski definition) is 8. The number of ketones is 1. The van der Waals surface area contributed by atoms with Crippen LogP contribution < -0.4 is 10.5 Å². The number of carbonyl (C=O) groups is 2. The number of nitriles is 1. The normalized spacial score (nSPS) is 17.0. The van der Waals surface area contributed by atoms with E-state index in [2.05, 4.69) is 16.3 Å². The predicted molar refractivity (Wildman–Crippen MR) is 86.6 cm³/mol. The molecule has 25 heavy (non-hydrogen) atoms. The van der Waals surface area contributed by atoms with Gasteiger partial charge >= 0.3 is 5.97 Å². The molecule has 1 atom stereocenters. The van der Waals surface area contributed by atoms with E-state index in [9.17, 15) is 18.0 Å². The first-order valence-corrected chi connectivity index (χ1v) is 8.43. The van der Waals surface area contributed by atoms with Gasteiger partial charge in [0.1, 0.15) is 18.3 Å². The molecule has 0 saturated carbocycles. The minimum absolute atomic E-state index is 0.0177. The number of fused-ring (bicyclic) bond motifs is 1. The summed E-state index contributed by atoms with van der Waals surface area (Å²) in [5.41, 5.74) is 5.51.